The topological polar surface area (TPSA) is 56.1 Å². The number of thioether (sulfide) groups is 1. The zero-order chi connectivity index (χ0) is 18.5. The molecular weight excluding hydrogens is 386 g/mol. The molecule has 0 saturated heterocycles. The van der Waals surface area contributed by atoms with Gasteiger partial charge in [-0.05, 0) is 55.5 Å². The number of nitrogens with one attached hydrogen (secondary N) is 1. The van der Waals surface area contributed by atoms with Crippen LogP contribution in [0.2, 0.25) is 0 Å². The van der Waals surface area contributed by atoms with Gasteiger partial charge in [0, 0.05) is 5.69 Å². The van der Waals surface area contributed by atoms with Crippen molar-refractivity contribution in [1.29, 1.82) is 0 Å². The fourth-order valence-electron chi connectivity index (χ4n) is 2.16. The maximum Gasteiger partial charge on any atom is 0.237 e. The highest BCUT2D eigenvalue weighted by molar-refractivity contribution is 8.02. The minimum absolute atomic E-state index is 0.0902. The standard InChI is InChI=1S/C18H17N3O2S3/c1-12(16(22)19-13-8-10-15(23-2)11-9-13)25-17-20-21(18(24)26-17)14-6-4-3-5-7-14/h3-12H,1-2H3,(H,19,22)/t12-/m0/s1. The number of carbonyl (C=O) groups is 1. The number of benzene rings is 2. The lowest BCUT2D eigenvalue weighted by molar-refractivity contribution is -0.115. The Balaban J connectivity index is 1.66. The second-order valence-corrected chi connectivity index (χ2v) is 8.57. The van der Waals surface area contributed by atoms with Gasteiger partial charge in [0.15, 0.2) is 8.29 Å². The fourth-order valence-corrected chi connectivity index (χ4v) is 4.67. The Morgan fingerprint density at radius 2 is 1.92 bits per heavy atom. The van der Waals surface area contributed by atoms with E-state index in [1.54, 1.807) is 23.9 Å². The lowest BCUT2D eigenvalue weighted by Gasteiger charge is -2.10. The summed E-state index contributed by atoms with van der Waals surface area (Å²) in [5.41, 5.74) is 1.64. The van der Waals surface area contributed by atoms with Crippen LogP contribution < -0.4 is 10.1 Å². The summed E-state index contributed by atoms with van der Waals surface area (Å²) in [4.78, 5) is 12.4. The van der Waals surface area contributed by atoms with Crippen LogP contribution in [0.3, 0.4) is 0 Å². The molecule has 5 nitrogen and oxygen atoms in total. The van der Waals surface area contributed by atoms with Crippen LogP contribution in [0, 0.1) is 3.95 Å². The summed E-state index contributed by atoms with van der Waals surface area (Å²) in [6.07, 6.45) is 0. The number of para-hydroxylation sites is 1. The van der Waals surface area contributed by atoms with E-state index in [2.05, 4.69) is 10.4 Å². The molecular formula is C18H17N3O2S3. The third-order valence-corrected chi connectivity index (χ3v) is 5.95. The zero-order valence-electron chi connectivity index (χ0n) is 14.2. The van der Waals surface area contributed by atoms with Gasteiger partial charge in [0.25, 0.3) is 0 Å². The van der Waals surface area contributed by atoms with Crippen molar-refractivity contribution >= 4 is 46.9 Å². The number of hydrogen-bond donors (Lipinski definition) is 1. The molecule has 3 aromatic rings. The van der Waals surface area contributed by atoms with Gasteiger partial charge in [0.1, 0.15) is 5.75 Å². The van der Waals surface area contributed by atoms with Gasteiger partial charge in [-0.15, -0.1) is 5.10 Å². The predicted octanol–water partition coefficient (Wildman–Crippen LogP) is 4.79. The molecule has 0 fully saturated rings. The number of rotatable bonds is 6. The number of amides is 1. The van der Waals surface area contributed by atoms with Crippen LogP contribution in [0.5, 0.6) is 5.75 Å². The Kier molecular flexibility index (Phi) is 6.08. The van der Waals surface area contributed by atoms with E-state index in [0.29, 0.717) is 3.95 Å². The van der Waals surface area contributed by atoms with Gasteiger partial charge in [-0.2, -0.15) is 0 Å². The van der Waals surface area contributed by atoms with E-state index < -0.39 is 0 Å². The molecule has 0 aliphatic carbocycles. The van der Waals surface area contributed by atoms with Crippen LogP contribution in [0.25, 0.3) is 5.69 Å². The van der Waals surface area contributed by atoms with Crippen LogP contribution in [-0.2, 0) is 4.79 Å². The lowest BCUT2D eigenvalue weighted by atomic mass is 10.3. The fraction of sp³-hybridized carbons (Fsp3) is 0.167. The van der Waals surface area contributed by atoms with Crippen molar-refractivity contribution in [2.45, 2.75) is 16.5 Å². The van der Waals surface area contributed by atoms with Crippen LogP contribution in [0.4, 0.5) is 5.69 Å². The van der Waals surface area contributed by atoms with Crippen LogP contribution in [0.1, 0.15) is 6.92 Å². The van der Waals surface area contributed by atoms with E-state index in [0.717, 1.165) is 21.5 Å². The Morgan fingerprint density at radius 3 is 2.58 bits per heavy atom. The number of methoxy groups -OCH3 is 1. The Hall–Kier alpha value is -2.16. The van der Waals surface area contributed by atoms with Crippen molar-refractivity contribution in [3.8, 4) is 11.4 Å². The molecule has 0 unspecified atom stereocenters. The van der Waals surface area contributed by atoms with Crippen molar-refractivity contribution in [2.75, 3.05) is 12.4 Å². The number of carbonyl (C=O) groups excluding carboxylic acids is 1. The average Bonchev–Trinajstić information content (AvgIpc) is 3.03. The number of nitrogens with zero attached hydrogens (tertiary/aromatic N) is 2. The molecule has 1 amide bonds. The molecule has 1 heterocycles. The van der Waals surface area contributed by atoms with E-state index in [9.17, 15) is 4.79 Å². The number of aromatic nitrogens is 2. The molecule has 26 heavy (non-hydrogen) atoms. The third kappa shape index (κ3) is 4.51. The Bertz CT molecular complexity index is 936. The normalized spacial score (nSPS) is 11.8. The summed E-state index contributed by atoms with van der Waals surface area (Å²) in [7, 11) is 1.61. The van der Waals surface area contributed by atoms with Gasteiger partial charge in [0.05, 0.1) is 18.0 Å². The van der Waals surface area contributed by atoms with Crippen molar-refractivity contribution in [2.24, 2.45) is 0 Å². The van der Waals surface area contributed by atoms with Gasteiger partial charge in [0.2, 0.25) is 5.91 Å². The molecule has 134 valence electrons. The molecule has 0 radical (unpaired) electrons. The Labute approximate surface area is 165 Å². The molecule has 3 rings (SSSR count). The van der Waals surface area contributed by atoms with E-state index >= 15 is 0 Å². The highest BCUT2D eigenvalue weighted by Crippen LogP contribution is 2.28. The molecule has 8 heteroatoms. The molecule has 2 aromatic carbocycles. The Morgan fingerprint density at radius 1 is 1.23 bits per heavy atom. The first kappa shape index (κ1) is 18.6. The van der Waals surface area contributed by atoms with E-state index in [1.165, 1.54) is 23.1 Å². The largest absolute Gasteiger partial charge is 0.497 e. The molecule has 1 atom stereocenters. The van der Waals surface area contributed by atoms with E-state index in [-0.39, 0.29) is 11.2 Å². The summed E-state index contributed by atoms with van der Waals surface area (Å²) in [5.74, 6) is 0.657. The maximum atomic E-state index is 12.4. The minimum Gasteiger partial charge on any atom is -0.497 e. The van der Waals surface area contributed by atoms with Crippen LogP contribution in [-0.4, -0.2) is 28.0 Å². The van der Waals surface area contributed by atoms with Gasteiger partial charge in [-0.25, -0.2) is 4.68 Å². The zero-order valence-corrected chi connectivity index (χ0v) is 16.7. The first-order chi connectivity index (χ1) is 12.6. The molecule has 1 aromatic heterocycles. The molecule has 1 N–H and O–H groups in total. The van der Waals surface area contributed by atoms with Crippen LogP contribution >= 0.6 is 35.3 Å². The summed E-state index contributed by atoms with van der Waals surface area (Å²) in [5, 5.41) is 7.12. The first-order valence-electron chi connectivity index (χ1n) is 7.84. The maximum absolute atomic E-state index is 12.4. The van der Waals surface area contributed by atoms with Gasteiger partial charge in [-0.3, -0.25) is 4.79 Å². The van der Waals surface area contributed by atoms with E-state index in [1.807, 2.05) is 49.4 Å². The average molecular weight is 404 g/mol. The third-order valence-electron chi connectivity index (χ3n) is 3.53. The summed E-state index contributed by atoms with van der Waals surface area (Å²) in [6.45, 7) is 1.85. The second kappa shape index (κ2) is 8.48. The van der Waals surface area contributed by atoms with Crippen molar-refractivity contribution < 1.29 is 9.53 Å². The molecule has 0 saturated carbocycles. The highest BCUT2D eigenvalue weighted by atomic mass is 32.2. The molecule has 0 aliphatic rings. The van der Waals surface area contributed by atoms with E-state index in [4.69, 9.17) is 17.0 Å². The summed E-state index contributed by atoms with van der Waals surface area (Å²) >= 11 is 8.19. The highest BCUT2D eigenvalue weighted by Gasteiger charge is 2.17. The quantitative estimate of drug-likeness (QED) is 0.474. The number of hydrogen-bond acceptors (Lipinski definition) is 6. The smallest absolute Gasteiger partial charge is 0.237 e. The first-order valence-corrected chi connectivity index (χ1v) is 9.94. The monoisotopic (exact) mass is 403 g/mol. The van der Waals surface area contributed by atoms with Gasteiger partial charge >= 0.3 is 0 Å². The van der Waals surface area contributed by atoms with Gasteiger partial charge in [-0.1, -0.05) is 41.3 Å². The summed E-state index contributed by atoms with van der Waals surface area (Å²) in [6, 6.07) is 16.9. The molecule has 0 spiro atoms. The lowest BCUT2D eigenvalue weighted by Crippen LogP contribution is -2.22. The number of ether oxygens (including phenoxy) is 1. The second-order valence-electron chi connectivity index (χ2n) is 5.36. The summed E-state index contributed by atoms with van der Waals surface area (Å²) < 4.78 is 8.25. The predicted molar refractivity (Wildman–Crippen MR) is 109 cm³/mol. The van der Waals surface area contributed by atoms with Gasteiger partial charge < -0.3 is 10.1 Å². The van der Waals surface area contributed by atoms with Crippen molar-refractivity contribution in [1.82, 2.24) is 9.78 Å². The van der Waals surface area contributed by atoms with Crippen molar-refractivity contribution in [3.05, 3.63) is 58.6 Å². The SMILES string of the molecule is COc1ccc(NC(=O)[C@H](C)Sc2nn(-c3ccccc3)c(=S)s2)cc1. The molecule has 0 bridgehead atoms. The molecule has 0 aliphatic heterocycles. The van der Waals surface area contributed by atoms with Crippen molar-refractivity contribution in [3.63, 3.8) is 0 Å². The van der Waals surface area contributed by atoms with Crippen LogP contribution in [0.15, 0.2) is 58.9 Å². The number of anilines is 1. The minimum atomic E-state index is -0.304.